The summed E-state index contributed by atoms with van der Waals surface area (Å²) in [6.07, 6.45) is 9.04. The van der Waals surface area contributed by atoms with Gasteiger partial charge in [0.15, 0.2) is 0 Å². The molecule has 2 aliphatic carbocycles. The normalized spacial score (nSPS) is 35.9. The lowest BCUT2D eigenvalue weighted by Crippen LogP contribution is -2.14. The van der Waals surface area contributed by atoms with Gasteiger partial charge in [-0.2, -0.15) is 0 Å². The van der Waals surface area contributed by atoms with Crippen LogP contribution in [-0.4, -0.2) is 0 Å². The topological polar surface area (TPSA) is 0 Å². The third-order valence-electron chi connectivity index (χ3n) is 4.43. The molecule has 0 N–H and O–H groups in total. The highest BCUT2D eigenvalue weighted by Crippen LogP contribution is 2.43. The summed E-state index contributed by atoms with van der Waals surface area (Å²) in [5.74, 6) is 3.33. The van der Waals surface area contributed by atoms with E-state index < -0.39 is 0 Å². The smallest absolute Gasteiger partial charge is 0.0134 e. The highest BCUT2D eigenvalue weighted by atomic mass is 14.4. The predicted octanol–water partition coefficient (Wildman–Crippen LogP) is 4.58. The summed E-state index contributed by atoms with van der Waals surface area (Å²) in [6.45, 7) is 9.47. The average molecular weight is 204 g/mol. The molecular weight excluding hydrogens is 180 g/mol. The average Bonchev–Trinajstić information content (AvgIpc) is 2.44. The van der Waals surface area contributed by atoms with Crippen molar-refractivity contribution < 1.29 is 0 Å². The van der Waals surface area contributed by atoms with Crippen molar-refractivity contribution in [1.82, 2.24) is 0 Å². The Morgan fingerprint density at radius 3 is 2.73 bits per heavy atom. The van der Waals surface area contributed by atoms with Gasteiger partial charge >= 0.3 is 0 Å². The minimum atomic E-state index is 0.795. The molecule has 0 heterocycles. The minimum Gasteiger partial charge on any atom is -0.0809 e. The lowest BCUT2D eigenvalue weighted by molar-refractivity contribution is 0.313. The zero-order chi connectivity index (χ0) is 11.0. The van der Waals surface area contributed by atoms with E-state index in [4.69, 9.17) is 0 Å². The summed E-state index contributed by atoms with van der Waals surface area (Å²) in [7, 11) is 0. The van der Waals surface area contributed by atoms with Crippen LogP contribution in [-0.2, 0) is 0 Å². The Bertz CT molecular complexity index is 293. The van der Waals surface area contributed by atoms with E-state index in [0.717, 1.165) is 23.7 Å². The molecule has 0 saturated heterocycles. The molecule has 0 aromatic rings. The summed E-state index contributed by atoms with van der Waals surface area (Å²) >= 11 is 0. The minimum absolute atomic E-state index is 0.795. The van der Waals surface area contributed by atoms with Gasteiger partial charge in [-0.25, -0.2) is 0 Å². The number of fused-ring (bicyclic) bond motifs is 1. The van der Waals surface area contributed by atoms with E-state index in [9.17, 15) is 0 Å². The van der Waals surface area contributed by atoms with Crippen LogP contribution in [0, 0.1) is 23.7 Å². The van der Waals surface area contributed by atoms with E-state index in [1.54, 1.807) is 11.1 Å². The maximum Gasteiger partial charge on any atom is -0.0134 e. The van der Waals surface area contributed by atoms with Crippen LogP contribution < -0.4 is 0 Å². The van der Waals surface area contributed by atoms with Gasteiger partial charge in [-0.1, -0.05) is 38.5 Å². The van der Waals surface area contributed by atoms with Gasteiger partial charge in [-0.05, 0) is 55.4 Å². The molecule has 0 aliphatic heterocycles. The van der Waals surface area contributed by atoms with Crippen LogP contribution in [0.15, 0.2) is 23.3 Å². The fraction of sp³-hybridized carbons (Fsp3) is 0.733. The summed E-state index contributed by atoms with van der Waals surface area (Å²) in [5, 5.41) is 0. The van der Waals surface area contributed by atoms with Gasteiger partial charge < -0.3 is 0 Å². The third-order valence-corrected chi connectivity index (χ3v) is 4.43. The number of allylic oxidation sites excluding steroid dienone is 4. The van der Waals surface area contributed by atoms with Gasteiger partial charge in [-0.15, -0.1) is 0 Å². The highest BCUT2D eigenvalue weighted by Gasteiger charge is 2.30. The van der Waals surface area contributed by atoms with Crippen molar-refractivity contribution in [3.63, 3.8) is 0 Å². The predicted molar refractivity (Wildman–Crippen MR) is 66.7 cm³/mol. The molecule has 0 radical (unpaired) electrons. The molecule has 0 nitrogen and oxygen atoms in total. The van der Waals surface area contributed by atoms with Crippen LogP contribution in [0.3, 0.4) is 0 Å². The van der Waals surface area contributed by atoms with E-state index in [0.29, 0.717) is 0 Å². The Morgan fingerprint density at radius 2 is 2.07 bits per heavy atom. The standard InChI is InChI=1S/C15H24/c1-10(2)13-6-8-14-11(3)5-7-15(14)12(4)9-13/h6,8,10,12-13,15H,5,7,9H2,1-4H3/t12-,13+,15+/m1/s1. The van der Waals surface area contributed by atoms with Gasteiger partial charge in [0.1, 0.15) is 0 Å². The van der Waals surface area contributed by atoms with Gasteiger partial charge in [0, 0.05) is 0 Å². The number of hydrogen-bond acceptors (Lipinski definition) is 0. The van der Waals surface area contributed by atoms with Gasteiger partial charge in [-0.3, -0.25) is 0 Å². The highest BCUT2D eigenvalue weighted by molar-refractivity contribution is 5.33. The van der Waals surface area contributed by atoms with Crippen molar-refractivity contribution in [2.75, 3.05) is 0 Å². The molecule has 0 heteroatoms. The van der Waals surface area contributed by atoms with Gasteiger partial charge in [0.2, 0.25) is 0 Å². The number of hydrogen-bond donors (Lipinski definition) is 0. The first-order valence-electron chi connectivity index (χ1n) is 6.47. The van der Waals surface area contributed by atoms with Crippen LogP contribution in [0.25, 0.3) is 0 Å². The largest absolute Gasteiger partial charge is 0.0809 e. The van der Waals surface area contributed by atoms with Crippen LogP contribution in [0.1, 0.15) is 47.0 Å². The molecule has 0 spiro atoms. The molecule has 0 amide bonds. The molecular formula is C15H24. The second-order valence-electron chi connectivity index (χ2n) is 5.86. The Kier molecular flexibility index (Phi) is 3.04. The molecule has 2 rings (SSSR count). The SMILES string of the molecule is CC1=C2C=C[C@H](C(C)C)C[C@@H](C)[C@@H]2CC1. The maximum atomic E-state index is 2.48. The zero-order valence-electron chi connectivity index (χ0n) is 10.6. The molecule has 15 heavy (non-hydrogen) atoms. The van der Waals surface area contributed by atoms with Crippen LogP contribution in [0.2, 0.25) is 0 Å². The maximum absolute atomic E-state index is 2.48. The summed E-state index contributed by atoms with van der Waals surface area (Å²) in [4.78, 5) is 0. The quantitative estimate of drug-likeness (QED) is 0.586. The second kappa shape index (κ2) is 4.15. The van der Waals surface area contributed by atoms with Crippen LogP contribution in [0.4, 0.5) is 0 Å². The van der Waals surface area contributed by atoms with E-state index in [2.05, 4.69) is 39.8 Å². The first-order chi connectivity index (χ1) is 7.09. The van der Waals surface area contributed by atoms with Crippen LogP contribution in [0.5, 0.6) is 0 Å². The zero-order valence-corrected chi connectivity index (χ0v) is 10.6. The molecule has 2 aliphatic rings. The van der Waals surface area contributed by atoms with Crippen molar-refractivity contribution in [2.45, 2.75) is 47.0 Å². The second-order valence-corrected chi connectivity index (χ2v) is 5.86. The molecule has 0 bridgehead atoms. The van der Waals surface area contributed by atoms with Crippen LogP contribution >= 0.6 is 0 Å². The lowest BCUT2D eigenvalue weighted by Gasteiger charge is -2.23. The van der Waals surface area contributed by atoms with E-state index in [-0.39, 0.29) is 0 Å². The molecule has 0 aromatic carbocycles. The molecule has 3 atom stereocenters. The Hall–Kier alpha value is -0.520. The van der Waals surface area contributed by atoms with Crippen molar-refractivity contribution in [3.05, 3.63) is 23.3 Å². The summed E-state index contributed by atoms with van der Waals surface area (Å²) < 4.78 is 0. The third kappa shape index (κ3) is 2.04. The monoisotopic (exact) mass is 204 g/mol. The van der Waals surface area contributed by atoms with Gasteiger partial charge in [0.25, 0.3) is 0 Å². The van der Waals surface area contributed by atoms with Crippen molar-refractivity contribution in [1.29, 1.82) is 0 Å². The van der Waals surface area contributed by atoms with Crippen molar-refractivity contribution in [2.24, 2.45) is 23.7 Å². The summed E-state index contributed by atoms with van der Waals surface area (Å²) in [6, 6.07) is 0. The molecule has 0 saturated carbocycles. The van der Waals surface area contributed by atoms with E-state index in [1.807, 2.05) is 0 Å². The fourth-order valence-corrected chi connectivity index (χ4v) is 3.24. The van der Waals surface area contributed by atoms with Gasteiger partial charge in [0.05, 0.1) is 0 Å². The molecule has 0 unspecified atom stereocenters. The Labute approximate surface area is 94.5 Å². The van der Waals surface area contributed by atoms with Crippen molar-refractivity contribution in [3.8, 4) is 0 Å². The fourth-order valence-electron chi connectivity index (χ4n) is 3.24. The Balaban J connectivity index is 2.25. The molecule has 84 valence electrons. The summed E-state index contributed by atoms with van der Waals surface area (Å²) in [5.41, 5.74) is 3.32. The first-order valence-corrected chi connectivity index (χ1v) is 6.47. The van der Waals surface area contributed by atoms with E-state index in [1.165, 1.54) is 19.3 Å². The van der Waals surface area contributed by atoms with E-state index >= 15 is 0 Å². The first kappa shape index (κ1) is 11.0. The van der Waals surface area contributed by atoms with Crippen molar-refractivity contribution >= 4 is 0 Å². The Morgan fingerprint density at radius 1 is 1.33 bits per heavy atom. The molecule has 0 aromatic heterocycles. The number of rotatable bonds is 1. The lowest BCUT2D eigenvalue weighted by atomic mass is 9.82. The molecule has 0 fully saturated rings.